The van der Waals surface area contributed by atoms with Crippen molar-refractivity contribution in [1.29, 1.82) is 0 Å². The summed E-state index contributed by atoms with van der Waals surface area (Å²) in [6, 6.07) is 8.02. The van der Waals surface area contributed by atoms with Crippen LogP contribution in [0, 0.1) is 0 Å². The first-order chi connectivity index (χ1) is 10.3. The Labute approximate surface area is 143 Å². The lowest BCUT2D eigenvalue weighted by Gasteiger charge is -2.20. The maximum Gasteiger partial charge on any atom is 0.234 e. The molecule has 122 valence electrons. The Morgan fingerprint density at radius 1 is 1.18 bits per heavy atom. The molecule has 5 heteroatoms. The molecule has 1 rings (SSSR count). The Kier molecular flexibility index (Phi) is 7.36. The van der Waals surface area contributed by atoms with Crippen LogP contribution in [-0.2, 0) is 10.2 Å². The van der Waals surface area contributed by atoms with Gasteiger partial charge in [0.2, 0.25) is 5.91 Å². The van der Waals surface area contributed by atoms with Gasteiger partial charge in [0.25, 0.3) is 0 Å². The summed E-state index contributed by atoms with van der Waals surface area (Å²) in [5.41, 5.74) is 2.20. The first-order valence-electron chi connectivity index (χ1n) is 7.60. The third-order valence-corrected chi connectivity index (χ3v) is 4.91. The number of benzene rings is 1. The van der Waals surface area contributed by atoms with Crippen molar-refractivity contribution in [2.24, 2.45) is 0 Å². The highest BCUT2D eigenvalue weighted by Crippen LogP contribution is 2.23. The van der Waals surface area contributed by atoms with Crippen LogP contribution in [0.5, 0.6) is 0 Å². The van der Waals surface area contributed by atoms with E-state index < -0.39 is 0 Å². The number of amides is 1. The normalized spacial score (nSPS) is 11.1. The van der Waals surface area contributed by atoms with Gasteiger partial charge < -0.3 is 10.2 Å². The molecule has 1 amide bonds. The van der Waals surface area contributed by atoms with Crippen molar-refractivity contribution >= 4 is 39.9 Å². The molecule has 0 aliphatic heterocycles. The average Bonchev–Trinajstić information content (AvgIpc) is 2.46. The van der Waals surface area contributed by atoms with E-state index in [1.165, 1.54) is 17.3 Å². The quantitative estimate of drug-likeness (QED) is 0.812. The average molecular weight is 339 g/mol. The highest BCUT2D eigenvalue weighted by Gasteiger charge is 2.13. The molecule has 0 saturated heterocycles. The fourth-order valence-electron chi connectivity index (χ4n) is 1.95. The van der Waals surface area contributed by atoms with Crippen molar-refractivity contribution in [1.82, 2.24) is 4.90 Å². The van der Waals surface area contributed by atoms with Gasteiger partial charge in [-0.3, -0.25) is 4.79 Å². The van der Waals surface area contributed by atoms with Gasteiger partial charge in [-0.15, -0.1) is 0 Å². The van der Waals surface area contributed by atoms with E-state index in [0.29, 0.717) is 5.75 Å². The molecule has 0 radical (unpaired) electrons. The molecule has 0 aromatic heterocycles. The summed E-state index contributed by atoms with van der Waals surface area (Å²) in [5, 5.41) is 2.91. The van der Waals surface area contributed by atoms with Gasteiger partial charge in [0.05, 0.1) is 5.75 Å². The highest BCUT2D eigenvalue weighted by molar-refractivity contribution is 8.23. The maximum absolute atomic E-state index is 12.0. The fourth-order valence-corrected chi connectivity index (χ4v) is 3.15. The van der Waals surface area contributed by atoms with Crippen LogP contribution in [0.4, 0.5) is 5.69 Å². The molecule has 0 spiro atoms. The molecular weight excluding hydrogens is 312 g/mol. The van der Waals surface area contributed by atoms with Gasteiger partial charge in [-0.1, -0.05) is 56.9 Å². The number of carbonyl (C=O) groups excluding carboxylic acids is 1. The van der Waals surface area contributed by atoms with Crippen LogP contribution in [0.1, 0.15) is 40.2 Å². The summed E-state index contributed by atoms with van der Waals surface area (Å²) >= 11 is 6.74. The van der Waals surface area contributed by atoms with E-state index in [0.717, 1.165) is 23.1 Å². The predicted molar refractivity (Wildman–Crippen MR) is 102 cm³/mol. The second-order valence-electron chi connectivity index (χ2n) is 6.10. The molecule has 1 N–H and O–H groups in total. The zero-order chi connectivity index (χ0) is 16.8. The Morgan fingerprint density at radius 2 is 1.73 bits per heavy atom. The van der Waals surface area contributed by atoms with Crippen LogP contribution >= 0.6 is 24.0 Å². The van der Waals surface area contributed by atoms with Gasteiger partial charge in [0.15, 0.2) is 0 Å². The van der Waals surface area contributed by atoms with E-state index in [9.17, 15) is 4.79 Å². The highest BCUT2D eigenvalue weighted by atomic mass is 32.2. The molecule has 0 unspecified atom stereocenters. The summed E-state index contributed by atoms with van der Waals surface area (Å²) in [4.78, 5) is 14.1. The van der Waals surface area contributed by atoms with Crippen molar-refractivity contribution in [2.45, 2.75) is 40.0 Å². The molecule has 0 saturated carbocycles. The van der Waals surface area contributed by atoms with Crippen molar-refractivity contribution in [2.75, 3.05) is 24.2 Å². The van der Waals surface area contributed by atoms with Crippen molar-refractivity contribution in [3.05, 3.63) is 29.8 Å². The van der Waals surface area contributed by atoms with E-state index in [2.05, 4.69) is 57.0 Å². The Morgan fingerprint density at radius 3 is 2.18 bits per heavy atom. The summed E-state index contributed by atoms with van der Waals surface area (Å²) in [5.74, 6) is 0.319. The first kappa shape index (κ1) is 19.0. The molecule has 0 bridgehead atoms. The molecule has 0 aliphatic carbocycles. The second-order valence-corrected chi connectivity index (χ2v) is 7.71. The lowest BCUT2D eigenvalue weighted by molar-refractivity contribution is -0.113. The Hall–Kier alpha value is -1.07. The Bertz CT molecular complexity index is 502. The van der Waals surface area contributed by atoms with Crippen LogP contribution in [0.2, 0.25) is 0 Å². The van der Waals surface area contributed by atoms with E-state index in [1.54, 1.807) is 0 Å². The summed E-state index contributed by atoms with van der Waals surface area (Å²) in [7, 11) is 0. The number of hydrogen-bond acceptors (Lipinski definition) is 3. The third-order valence-electron chi connectivity index (χ3n) is 3.38. The van der Waals surface area contributed by atoms with Crippen LogP contribution in [0.3, 0.4) is 0 Å². The number of anilines is 1. The van der Waals surface area contributed by atoms with Gasteiger partial charge in [0, 0.05) is 18.8 Å². The van der Waals surface area contributed by atoms with Crippen LogP contribution in [0.15, 0.2) is 24.3 Å². The van der Waals surface area contributed by atoms with Gasteiger partial charge in [0.1, 0.15) is 4.32 Å². The molecule has 1 aromatic carbocycles. The molecular formula is C17H26N2OS2. The molecule has 0 aliphatic rings. The zero-order valence-electron chi connectivity index (χ0n) is 14.1. The van der Waals surface area contributed by atoms with Gasteiger partial charge in [-0.25, -0.2) is 0 Å². The summed E-state index contributed by atoms with van der Waals surface area (Å²) < 4.78 is 0.781. The number of nitrogens with zero attached hydrogens (tertiary/aromatic N) is 1. The summed E-state index contributed by atoms with van der Waals surface area (Å²) in [6.07, 6.45) is 0. The van der Waals surface area contributed by atoms with Gasteiger partial charge >= 0.3 is 0 Å². The largest absolute Gasteiger partial charge is 0.358 e. The van der Waals surface area contributed by atoms with E-state index >= 15 is 0 Å². The zero-order valence-corrected chi connectivity index (χ0v) is 15.7. The number of nitrogens with one attached hydrogen (secondary N) is 1. The van der Waals surface area contributed by atoms with Gasteiger partial charge in [-0.2, -0.15) is 0 Å². The minimum Gasteiger partial charge on any atom is -0.358 e. The second kappa shape index (κ2) is 8.53. The Balaban J connectivity index is 2.50. The maximum atomic E-state index is 12.0. The summed E-state index contributed by atoms with van der Waals surface area (Å²) in [6.45, 7) is 12.4. The van der Waals surface area contributed by atoms with Crippen LogP contribution in [-0.4, -0.2) is 34.0 Å². The van der Waals surface area contributed by atoms with Crippen molar-refractivity contribution < 1.29 is 4.79 Å². The number of carbonyl (C=O) groups is 1. The molecule has 22 heavy (non-hydrogen) atoms. The minimum absolute atomic E-state index is 0.0250. The first-order valence-corrected chi connectivity index (χ1v) is 8.99. The third kappa shape index (κ3) is 5.97. The fraction of sp³-hybridized carbons (Fsp3) is 0.529. The standard InChI is InChI=1S/C17H26N2OS2/c1-6-19(7-2)16(21)22-12-15(20)18-14-10-8-13(9-11-14)17(3,4)5/h8-11H,6-7,12H2,1-5H3,(H,18,20). The van der Waals surface area contributed by atoms with E-state index in [-0.39, 0.29) is 11.3 Å². The van der Waals surface area contributed by atoms with E-state index in [4.69, 9.17) is 12.2 Å². The molecule has 0 heterocycles. The minimum atomic E-state index is -0.0250. The smallest absolute Gasteiger partial charge is 0.234 e. The van der Waals surface area contributed by atoms with Crippen LogP contribution in [0.25, 0.3) is 0 Å². The SMILES string of the molecule is CCN(CC)C(=S)SCC(=O)Nc1ccc(C(C)(C)C)cc1. The monoisotopic (exact) mass is 338 g/mol. The number of thioether (sulfide) groups is 1. The molecule has 3 nitrogen and oxygen atoms in total. The lowest BCUT2D eigenvalue weighted by Crippen LogP contribution is -2.28. The number of rotatable bonds is 5. The number of thiocarbonyl (C=S) groups is 1. The lowest BCUT2D eigenvalue weighted by atomic mass is 9.87. The van der Waals surface area contributed by atoms with Crippen molar-refractivity contribution in [3.63, 3.8) is 0 Å². The molecule has 0 atom stereocenters. The molecule has 1 aromatic rings. The topological polar surface area (TPSA) is 32.3 Å². The number of hydrogen-bond donors (Lipinski definition) is 1. The van der Waals surface area contributed by atoms with Gasteiger partial charge in [-0.05, 0) is 37.0 Å². The predicted octanol–water partition coefficient (Wildman–Crippen LogP) is 4.28. The van der Waals surface area contributed by atoms with Crippen LogP contribution < -0.4 is 5.32 Å². The van der Waals surface area contributed by atoms with E-state index in [1.807, 2.05) is 12.1 Å². The van der Waals surface area contributed by atoms with Crippen molar-refractivity contribution in [3.8, 4) is 0 Å². The molecule has 0 fully saturated rings.